The van der Waals surface area contributed by atoms with Gasteiger partial charge in [0.05, 0.1) is 0 Å². The van der Waals surface area contributed by atoms with Gasteiger partial charge in [0.25, 0.3) is 0 Å². The lowest BCUT2D eigenvalue weighted by Crippen LogP contribution is -2.33. The first-order valence-electron chi connectivity index (χ1n) is 8.90. The molecule has 0 bridgehead atoms. The second-order valence-corrected chi connectivity index (χ2v) is 6.52. The molecule has 1 aliphatic rings. The van der Waals surface area contributed by atoms with Gasteiger partial charge in [-0.1, -0.05) is 48.5 Å². The van der Waals surface area contributed by atoms with E-state index in [0.29, 0.717) is 19.2 Å². The molecule has 0 saturated heterocycles. The Balaban J connectivity index is 1.46. The zero-order chi connectivity index (χ0) is 18.6. The predicted molar refractivity (Wildman–Crippen MR) is 102 cm³/mol. The second kappa shape index (κ2) is 7.59. The SMILES string of the molecule is O=[N+]([O-])c1cn2c(n1)OCCN(Cc1cccc(-c3ccccc3)c1)CC2. The van der Waals surface area contributed by atoms with E-state index in [9.17, 15) is 10.1 Å². The minimum absolute atomic E-state index is 0.172. The van der Waals surface area contributed by atoms with Crippen molar-refractivity contribution in [3.8, 4) is 17.1 Å². The smallest absolute Gasteiger partial charge is 0.414 e. The lowest BCUT2D eigenvalue weighted by Gasteiger charge is -2.24. The van der Waals surface area contributed by atoms with E-state index in [2.05, 4.69) is 46.3 Å². The predicted octanol–water partition coefficient (Wildman–Crippen LogP) is 3.35. The molecule has 2 aromatic carbocycles. The van der Waals surface area contributed by atoms with E-state index in [1.165, 1.54) is 22.9 Å². The van der Waals surface area contributed by atoms with Crippen molar-refractivity contribution in [3.63, 3.8) is 0 Å². The van der Waals surface area contributed by atoms with Crippen LogP contribution < -0.4 is 4.74 Å². The second-order valence-electron chi connectivity index (χ2n) is 6.52. The molecule has 0 N–H and O–H groups in total. The van der Waals surface area contributed by atoms with Crippen molar-refractivity contribution in [2.24, 2.45) is 0 Å². The van der Waals surface area contributed by atoms with Gasteiger partial charge < -0.3 is 14.9 Å². The topological polar surface area (TPSA) is 73.4 Å². The van der Waals surface area contributed by atoms with E-state index in [-0.39, 0.29) is 5.82 Å². The van der Waals surface area contributed by atoms with Gasteiger partial charge in [0.15, 0.2) is 0 Å². The van der Waals surface area contributed by atoms with Crippen molar-refractivity contribution in [1.29, 1.82) is 0 Å². The summed E-state index contributed by atoms with van der Waals surface area (Å²) in [4.78, 5) is 16.6. The molecule has 138 valence electrons. The Morgan fingerprint density at radius 3 is 2.67 bits per heavy atom. The Bertz CT molecular complexity index is 939. The molecule has 4 rings (SSSR count). The van der Waals surface area contributed by atoms with Crippen LogP contribution in [0.15, 0.2) is 60.8 Å². The van der Waals surface area contributed by atoms with Gasteiger partial charge in [-0.15, -0.1) is 0 Å². The van der Waals surface area contributed by atoms with Gasteiger partial charge in [0.1, 0.15) is 12.8 Å². The Kier molecular flexibility index (Phi) is 4.84. The fourth-order valence-electron chi connectivity index (χ4n) is 3.27. The van der Waals surface area contributed by atoms with Crippen LogP contribution in [-0.2, 0) is 13.1 Å². The van der Waals surface area contributed by atoms with E-state index in [1.54, 1.807) is 4.57 Å². The third-order valence-corrected chi connectivity index (χ3v) is 4.65. The minimum atomic E-state index is -0.492. The minimum Gasteiger partial charge on any atom is -0.444 e. The highest BCUT2D eigenvalue weighted by Crippen LogP contribution is 2.22. The standard InChI is InChI=1S/C20H20N4O3/c25-24(26)19-15-23-10-9-22(11-12-27-20(23)21-19)14-16-5-4-8-18(13-16)17-6-2-1-3-7-17/h1-8,13,15H,9-12,14H2. The highest BCUT2D eigenvalue weighted by atomic mass is 16.6. The fraction of sp³-hybridized carbons (Fsp3) is 0.250. The number of nitrogens with zero attached hydrogens (tertiary/aromatic N) is 4. The van der Waals surface area contributed by atoms with E-state index >= 15 is 0 Å². The van der Waals surface area contributed by atoms with Crippen molar-refractivity contribution >= 4 is 5.82 Å². The summed E-state index contributed by atoms with van der Waals surface area (Å²) >= 11 is 0. The van der Waals surface area contributed by atoms with Gasteiger partial charge in [-0.25, -0.2) is 0 Å². The van der Waals surface area contributed by atoms with Crippen LogP contribution in [-0.4, -0.2) is 39.1 Å². The molecule has 0 unspecified atom stereocenters. The van der Waals surface area contributed by atoms with Crippen LogP contribution in [0.4, 0.5) is 5.82 Å². The number of hydrogen-bond acceptors (Lipinski definition) is 5. The molecule has 1 aromatic heterocycles. The number of aromatic nitrogens is 2. The van der Waals surface area contributed by atoms with Crippen LogP contribution in [0.5, 0.6) is 6.01 Å². The normalized spacial score (nSPS) is 14.7. The summed E-state index contributed by atoms with van der Waals surface area (Å²) in [6.07, 6.45) is 1.44. The Morgan fingerprint density at radius 2 is 1.85 bits per heavy atom. The molecule has 0 spiro atoms. The number of ether oxygens (including phenoxy) is 1. The molecule has 0 aliphatic carbocycles. The number of benzene rings is 2. The number of imidazole rings is 1. The average Bonchev–Trinajstić information content (AvgIpc) is 3.08. The summed E-state index contributed by atoms with van der Waals surface area (Å²) in [7, 11) is 0. The van der Waals surface area contributed by atoms with Crippen LogP contribution in [0.25, 0.3) is 11.1 Å². The van der Waals surface area contributed by atoms with Crippen LogP contribution in [0.2, 0.25) is 0 Å². The molecule has 0 radical (unpaired) electrons. The molecule has 27 heavy (non-hydrogen) atoms. The first-order valence-corrected chi connectivity index (χ1v) is 8.90. The number of nitro groups is 1. The van der Waals surface area contributed by atoms with Crippen molar-refractivity contribution < 1.29 is 9.66 Å². The maximum atomic E-state index is 10.9. The summed E-state index contributed by atoms with van der Waals surface area (Å²) in [5.41, 5.74) is 3.63. The molecule has 0 atom stereocenters. The maximum absolute atomic E-state index is 10.9. The molecule has 7 heteroatoms. The summed E-state index contributed by atoms with van der Waals surface area (Å²) in [5.74, 6) is -0.172. The summed E-state index contributed by atoms with van der Waals surface area (Å²) in [5, 5.41) is 10.9. The molecular formula is C20H20N4O3. The Morgan fingerprint density at radius 1 is 1.04 bits per heavy atom. The first kappa shape index (κ1) is 17.2. The van der Waals surface area contributed by atoms with Crippen LogP contribution in [0.3, 0.4) is 0 Å². The summed E-state index contributed by atoms with van der Waals surface area (Å²) in [6.45, 7) is 3.38. The zero-order valence-corrected chi connectivity index (χ0v) is 14.8. The van der Waals surface area contributed by atoms with E-state index in [1.807, 2.05) is 18.2 Å². The third-order valence-electron chi connectivity index (χ3n) is 4.65. The number of fused-ring (bicyclic) bond motifs is 1. The monoisotopic (exact) mass is 364 g/mol. The van der Waals surface area contributed by atoms with Crippen LogP contribution in [0.1, 0.15) is 5.56 Å². The number of rotatable bonds is 4. The molecular weight excluding hydrogens is 344 g/mol. The lowest BCUT2D eigenvalue weighted by atomic mass is 10.0. The third kappa shape index (κ3) is 3.98. The molecule has 0 saturated carbocycles. The molecule has 0 amide bonds. The van der Waals surface area contributed by atoms with Crippen molar-refractivity contribution in [2.45, 2.75) is 13.1 Å². The Labute approximate surface area is 157 Å². The highest BCUT2D eigenvalue weighted by Gasteiger charge is 2.22. The average molecular weight is 364 g/mol. The van der Waals surface area contributed by atoms with Gasteiger partial charge in [-0.2, -0.15) is 0 Å². The molecule has 7 nitrogen and oxygen atoms in total. The molecule has 0 fully saturated rings. The van der Waals surface area contributed by atoms with Crippen molar-refractivity contribution in [3.05, 3.63) is 76.5 Å². The zero-order valence-electron chi connectivity index (χ0n) is 14.8. The first-order chi connectivity index (χ1) is 13.2. The van der Waals surface area contributed by atoms with Gasteiger partial charge in [-0.3, -0.25) is 9.47 Å². The quantitative estimate of drug-likeness (QED) is 0.524. The van der Waals surface area contributed by atoms with E-state index in [0.717, 1.165) is 19.6 Å². The van der Waals surface area contributed by atoms with Gasteiger partial charge >= 0.3 is 11.8 Å². The largest absolute Gasteiger partial charge is 0.444 e. The number of hydrogen-bond donors (Lipinski definition) is 0. The summed E-state index contributed by atoms with van der Waals surface area (Å²) in [6, 6.07) is 19.2. The maximum Gasteiger partial charge on any atom is 0.414 e. The molecule has 2 heterocycles. The van der Waals surface area contributed by atoms with Crippen LogP contribution >= 0.6 is 0 Å². The van der Waals surface area contributed by atoms with Gasteiger partial charge in [-0.05, 0) is 27.7 Å². The lowest BCUT2D eigenvalue weighted by molar-refractivity contribution is -0.389. The van der Waals surface area contributed by atoms with Gasteiger partial charge in [0.2, 0.25) is 0 Å². The Hall–Kier alpha value is -3.19. The van der Waals surface area contributed by atoms with E-state index in [4.69, 9.17) is 4.74 Å². The van der Waals surface area contributed by atoms with Crippen LogP contribution in [0, 0.1) is 10.1 Å². The van der Waals surface area contributed by atoms with E-state index < -0.39 is 4.92 Å². The highest BCUT2D eigenvalue weighted by molar-refractivity contribution is 5.63. The molecule has 3 aromatic rings. The fourth-order valence-corrected chi connectivity index (χ4v) is 3.27. The summed E-state index contributed by atoms with van der Waals surface area (Å²) < 4.78 is 7.34. The van der Waals surface area contributed by atoms with Gasteiger partial charge in [0, 0.05) is 31.2 Å². The van der Waals surface area contributed by atoms with Crippen molar-refractivity contribution in [2.75, 3.05) is 19.7 Å². The molecule has 1 aliphatic heterocycles. The van der Waals surface area contributed by atoms with Crippen molar-refractivity contribution in [1.82, 2.24) is 14.5 Å².